The highest BCUT2D eigenvalue weighted by molar-refractivity contribution is 5.80. The Morgan fingerprint density at radius 2 is 1.95 bits per heavy atom. The van der Waals surface area contributed by atoms with E-state index in [0.29, 0.717) is 6.61 Å². The number of carbonyl (C=O) groups excluding carboxylic acids is 1. The van der Waals surface area contributed by atoms with E-state index in [0.717, 1.165) is 51.6 Å². The fourth-order valence-corrected chi connectivity index (χ4v) is 3.17. The molecule has 1 heterocycles. The third kappa shape index (κ3) is 3.93. The van der Waals surface area contributed by atoms with Crippen LogP contribution in [-0.4, -0.2) is 35.7 Å². The van der Waals surface area contributed by atoms with Gasteiger partial charge >= 0.3 is 5.97 Å². The summed E-state index contributed by atoms with van der Waals surface area (Å²) in [7, 11) is 0. The van der Waals surface area contributed by atoms with Gasteiger partial charge in [-0.15, -0.1) is 0 Å². The molecule has 1 aliphatic heterocycles. The van der Waals surface area contributed by atoms with E-state index in [1.807, 2.05) is 0 Å². The molecule has 1 atom stereocenters. The zero-order chi connectivity index (χ0) is 13.7. The third-order valence-electron chi connectivity index (χ3n) is 4.22. The molecule has 1 amide bonds. The van der Waals surface area contributed by atoms with Crippen molar-refractivity contribution in [2.45, 2.75) is 56.9 Å². The zero-order valence-corrected chi connectivity index (χ0v) is 11.3. The molecule has 0 aromatic carbocycles. The highest BCUT2D eigenvalue weighted by Gasteiger charge is 2.37. The van der Waals surface area contributed by atoms with Crippen molar-refractivity contribution in [1.82, 2.24) is 5.32 Å². The topological polar surface area (TPSA) is 75.6 Å². The lowest BCUT2D eigenvalue weighted by Crippen LogP contribution is -2.53. The van der Waals surface area contributed by atoms with Crippen LogP contribution in [0.1, 0.15) is 51.4 Å². The van der Waals surface area contributed by atoms with Crippen molar-refractivity contribution in [3.05, 3.63) is 0 Å². The maximum absolute atomic E-state index is 12.3. The van der Waals surface area contributed by atoms with Gasteiger partial charge in [-0.3, -0.25) is 9.59 Å². The van der Waals surface area contributed by atoms with E-state index in [-0.39, 0.29) is 18.2 Å². The molecule has 1 saturated carbocycles. The number of carbonyl (C=O) groups is 2. The largest absolute Gasteiger partial charge is 0.481 e. The van der Waals surface area contributed by atoms with Crippen molar-refractivity contribution in [1.29, 1.82) is 0 Å². The number of aliphatic carboxylic acids is 1. The van der Waals surface area contributed by atoms with Gasteiger partial charge in [-0.2, -0.15) is 0 Å². The van der Waals surface area contributed by atoms with E-state index in [1.54, 1.807) is 0 Å². The Morgan fingerprint density at radius 1 is 1.21 bits per heavy atom. The van der Waals surface area contributed by atoms with Gasteiger partial charge in [0, 0.05) is 6.61 Å². The Labute approximate surface area is 113 Å². The molecule has 2 aliphatic rings. The highest BCUT2D eigenvalue weighted by atomic mass is 16.5. The summed E-state index contributed by atoms with van der Waals surface area (Å²) in [4.78, 5) is 23.3. The summed E-state index contributed by atoms with van der Waals surface area (Å²) in [6.07, 6.45) is 6.45. The van der Waals surface area contributed by atoms with Crippen molar-refractivity contribution in [3.8, 4) is 0 Å². The van der Waals surface area contributed by atoms with Crippen molar-refractivity contribution >= 4 is 11.9 Å². The van der Waals surface area contributed by atoms with Gasteiger partial charge in [-0.05, 0) is 25.7 Å². The molecule has 0 aromatic heterocycles. The Kier molecular flexibility index (Phi) is 4.80. The molecule has 1 unspecified atom stereocenters. The van der Waals surface area contributed by atoms with Crippen LogP contribution in [0.5, 0.6) is 0 Å². The molecule has 1 saturated heterocycles. The quantitative estimate of drug-likeness (QED) is 0.814. The van der Waals surface area contributed by atoms with Gasteiger partial charge in [0.05, 0.1) is 24.5 Å². The van der Waals surface area contributed by atoms with Gasteiger partial charge < -0.3 is 15.2 Å². The van der Waals surface area contributed by atoms with E-state index in [1.165, 1.54) is 0 Å². The molecule has 0 spiro atoms. The first-order chi connectivity index (χ1) is 9.11. The fourth-order valence-electron chi connectivity index (χ4n) is 3.17. The van der Waals surface area contributed by atoms with Crippen molar-refractivity contribution < 1.29 is 19.4 Å². The van der Waals surface area contributed by atoms with Gasteiger partial charge in [-0.1, -0.05) is 19.3 Å². The van der Waals surface area contributed by atoms with Crippen LogP contribution in [0.4, 0.5) is 0 Å². The second-order valence-corrected chi connectivity index (χ2v) is 5.81. The smallest absolute Gasteiger partial charge is 0.305 e. The van der Waals surface area contributed by atoms with Crippen LogP contribution < -0.4 is 5.32 Å². The van der Waals surface area contributed by atoms with Gasteiger partial charge in [0.1, 0.15) is 0 Å². The number of carboxylic acids is 1. The Bertz CT molecular complexity index is 330. The number of hydrogen-bond acceptors (Lipinski definition) is 3. The number of carboxylic acid groups (broad SMARTS) is 1. The number of rotatable bonds is 4. The lowest BCUT2D eigenvalue weighted by molar-refractivity contribution is -0.140. The normalized spacial score (nSPS) is 26.6. The maximum Gasteiger partial charge on any atom is 0.305 e. The van der Waals surface area contributed by atoms with Crippen LogP contribution in [0.25, 0.3) is 0 Å². The first kappa shape index (κ1) is 14.3. The summed E-state index contributed by atoms with van der Waals surface area (Å²) < 4.78 is 5.33. The molecular formula is C14H23NO4. The molecular weight excluding hydrogens is 246 g/mol. The minimum Gasteiger partial charge on any atom is -0.481 e. The van der Waals surface area contributed by atoms with Crippen LogP contribution in [0.2, 0.25) is 0 Å². The van der Waals surface area contributed by atoms with Crippen LogP contribution in [0, 0.1) is 5.92 Å². The van der Waals surface area contributed by atoms with Crippen LogP contribution in [0.15, 0.2) is 0 Å². The van der Waals surface area contributed by atoms with Crippen molar-refractivity contribution in [2.24, 2.45) is 5.92 Å². The molecule has 2 rings (SSSR count). The summed E-state index contributed by atoms with van der Waals surface area (Å²) in [6, 6.07) is 0. The molecule has 0 aromatic rings. The lowest BCUT2D eigenvalue weighted by atomic mass is 9.78. The van der Waals surface area contributed by atoms with E-state index in [9.17, 15) is 9.59 Å². The SMILES string of the molecule is O=C(O)CC1(NC(=O)C2CCCOC2)CCCCC1. The van der Waals surface area contributed by atoms with E-state index in [2.05, 4.69) is 5.32 Å². The highest BCUT2D eigenvalue weighted by Crippen LogP contribution is 2.31. The van der Waals surface area contributed by atoms with Crippen LogP contribution >= 0.6 is 0 Å². The van der Waals surface area contributed by atoms with Crippen molar-refractivity contribution in [3.63, 3.8) is 0 Å². The van der Waals surface area contributed by atoms with Gasteiger partial charge in [0.2, 0.25) is 5.91 Å². The van der Waals surface area contributed by atoms with Crippen molar-refractivity contribution in [2.75, 3.05) is 13.2 Å². The van der Waals surface area contributed by atoms with E-state index in [4.69, 9.17) is 9.84 Å². The third-order valence-corrected chi connectivity index (χ3v) is 4.22. The van der Waals surface area contributed by atoms with Crippen LogP contribution in [0.3, 0.4) is 0 Å². The van der Waals surface area contributed by atoms with E-state index < -0.39 is 11.5 Å². The zero-order valence-electron chi connectivity index (χ0n) is 11.3. The molecule has 5 nitrogen and oxygen atoms in total. The standard InChI is InChI=1S/C14H23NO4/c16-12(17)9-14(6-2-1-3-7-14)15-13(18)11-5-4-8-19-10-11/h11H,1-10H2,(H,15,18)(H,16,17). The molecule has 2 N–H and O–H groups in total. The molecule has 19 heavy (non-hydrogen) atoms. The number of nitrogens with one attached hydrogen (secondary N) is 1. The Balaban J connectivity index is 1.98. The molecule has 2 fully saturated rings. The predicted molar refractivity (Wildman–Crippen MR) is 69.8 cm³/mol. The minimum atomic E-state index is -0.831. The summed E-state index contributed by atoms with van der Waals surface area (Å²) in [5, 5.41) is 12.1. The first-order valence-electron chi connectivity index (χ1n) is 7.23. The lowest BCUT2D eigenvalue weighted by Gasteiger charge is -2.38. The predicted octanol–water partition coefficient (Wildman–Crippen LogP) is 1.71. The maximum atomic E-state index is 12.3. The summed E-state index contributed by atoms with van der Waals surface area (Å²) in [5.41, 5.74) is -0.529. The first-order valence-corrected chi connectivity index (χ1v) is 7.23. The second-order valence-electron chi connectivity index (χ2n) is 5.81. The van der Waals surface area contributed by atoms with E-state index >= 15 is 0 Å². The molecule has 1 aliphatic carbocycles. The van der Waals surface area contributed by atoms with Gasteiger partial charge in [-0.25, -0.2) is 0 Å². The number of hydrogen-bond donors (Lipinski definition) is 2. The van der Waals surface area contributed by atoms with Gasteiger partial charge in [0.25, 0.3) is 0 Å². The fraction of sp³-hybridized carbons (Fsp3) is 0.857. The second kappa shape index (κ2) is 6.37. The summed E-state index contributed by atoms with van der Waals surface area (Å²) in [5.74, 6) is -0.966. The minimum absolute atomic E-state index is 0.0251. The molecule has 0 bridgehead atoms. The Morgan fingerprint density at radius 3 is 2.53 bits per heavy atom. The molecule has 108 valence electrons. The molecule has 0 radical (unpaired) electrons. The number of amides is 1. The summed E-state index contributed by atoms with van der Waals surface area (Å²) >= 11 is 0. The monoisotopic (exact) mass is 269 g/mol. The molecule has 5 heteroatoms. The average molecular weight is 269 g/mol. The Hall–Kier alpha value is -1.10. The average Bonchev–Trinajstić information content (AvgIpc) is 2.39. The number of ether oxygens (including phenoxy) is 1. The van der Waals surface area contributed by atoms with Crippen LogP contribution in [-0.2, 0) is 14.3 Å². The van der Waals surface area contributed by atoms with Gasteiger partial charge in [0.15, 0.2) is 0 Å². The summed E-state index contributed by atoms with van der Waals surface area (Å²) in [6.45, 7) is 1.19.